The molecule has 4 aromatic rings. The van der Waals surface area contributed by atoms with E-state index in [9.17, 15) is 14.7 Å². The van der Waals surface area contributed by atoms with Crippen molar-refractivity contribution >= 4 is 54.7 Å². The first-order valence-electron chi connectivity index (χ1n) is 17.7. The highest BCUT2D eigenvalue weighted by molar-refractivity contribution is 7.96. The van der Waals surface area contributed by atoms with Gasteiger partial charge in [-0.2, -0.15) is 0 Å². The van der Waals surface area contributed by atoms with Crippen LogP contribution in [0.1, 0.15) is 44.7 Å². The average Bonchev–Trinajstić information content (AvgIpc) is 3.14. The van der Waals surface area contributed by atoms with Crippen LogP contribution in [0.4, 0.5) is 0 Å². The molecule has 0 aromatic heterocycles. The molecule has 1 aliphatic heterocycles. The Bertz CT molecular complexity index is 1820. The Hall–Kier alpha value is -4.33. The molecule has 1 N–H and O–H groups in total. The number of nitrogens with zero attached hydrogens (tertiary/aromatic N) is 1. The van der Waals surface area contributed by atoms with Crippen molar-refractivity contribution in [3.63, 3.8) is 0 Å². The zero-order valence-electron chi connectivity index (χ0n) is 30.9. The molecular weight excluding hydrogens is 686 g/mol. The topological polar surface area (TPSA) is 93.1 Å². The summed E-state index contributed by atoms with van der Waals surface area (Å²) in [4.78, 5) is 45.1. The number of amides is 1. The maximum atomic E-state index is 15.1. The molecule has 0 aliphatic carbocycles. The quantitative estimate of drug-likeness (QED) is 0.0395. The molecule has 9 heteroatoms. The summed E-state index contributed by atoms with van der Waals surface area (Å²) in [7, 11) is -2.38. The van der Waals surface area contributed by atoms with Crippen LogP contribution in [0, 0.1) is 5.92 Å². The minimum Gasteiger partial charge on any atom is -0.457 e. The van der Waals surface area contributed by atoms with E-state index in [0.29, 0.717) is 11.1 Å². The molecule has 1 fully saturated rings. The lowest BCUT2D eigenvalue weighted by Crippen LogP contribution is -2.71. The van der Waals surface area contributed by atoms with Crippen molar-refractivity contribution in [2.24, 2.45) is 5.92 Å². The van der Waals surface area contributed by atoms with E-state index in [1.165, 1.54) is 6.08 Å². The van der Waals surface area contributed by atoms with E-state index < -0.39 is 45.2 Å². The highest BCUT2D eigenvalue weighted by Crippen LogP contribution is 2.52. The third-order valence-corrected chi connectivity index (χ3v) is 19.4. The van der Waals surface area contributed by atoms with Crippen LogP contribution in [0.5, 0.6) is 0 Å². The Morgan fingerprint density at radius 2 is 1.37 bits per heavy atom. The van der Waals surface area contributed by atoms with E-state index >= 15 is 4.79 Å². The molecular formula is C43H50NO6PSi. The highest BCUT2D eigenvalue weighted by Gasteiger charge is 2.59. The SMILES string of the molecule is C=CCOC(=O)C(N1C(=O)[C@H]([C@@H](C)O[Si](C)(C)C(C)(C)C)[C@H]1C(C=O)c1ccc(CO)cc1)=P(c1ccccc1)(c1ccccc1)c1ccccc1. The molecule has 1 unspecified atom stereocenters. The number of benzene rings is 4. The van der Waals surface area contributed by atoms with Gasteiger partial charge in [-0.25, -0.2) is 4.79 Å². The van der Waals surface area contributed by atoms with Crippen molar-refractivity contribution in [2.45, 2.75) is 70.5 Å². The standard InChI is InChI=1S/C43H50NO6PSi/c1-8-28-49-42(48)41(51(34-18-12-9-13-19-34,35-20-14-10-15-21-35)36-22-16-11-17-23-36)44-39(37(30-46)33-26-24-32(29-45)25-27-33)38(40(44)47)31(2)50-52(6,7)43(3,4)5/h8-27,30-31,37-39,45H,1,28-29H2,2-7H3/t31-,37?,38-,39-/m1/s1. The summed E-state index contributed by atoms with van der Waals surface area (Å²) in [6, 6.07) is 35.8. The Balaban J connectivity index is 1.90. The number of likely N-dealkylation sites (tertiary alicyclic amines) is 1. The van der Waals surface area contributed by atoms with Gasteiger partial charge < -0.3 is 19.1 Å². The highest BCUT2D eigenvalue weighted by atomic mass is 31.2. The van der Waals surface area contributed by atoms with Gasteiger partial charge in [-0.1, -0.05) is 149 Å². The number of aliphatic hydroxyl groups is 1. The zero-order valence-corrected chi connectivity index (χ0v) is 32.8. The van der Waals surface area contributed by atoms with Crippen LogP contribution in [0.25, 0.3) is 0 Å². The average molecular weight is 736 g/mol. The van der Waals surface area contributed by atoms with Gasteiger partial charge in [0, 0.05) is 6.89 Å². The van der Waals surface area contributed by atoms with Gasteiger partial charge in [0.25, 0.3) is 0 Å². The third kappa shape index (κ3) is 7.31. The van der Waals surface area contributed by atoms with Crippen LogP contribution >= 0.6 is 6.89 Å². The second-order valence-electron chi connectivity index (χ2n) is 14.8. The lowest BCUT2D eigenvalue weighted by molar-refractivity contribution is -0.158. The molecule has 1 aliphatic rings. The Labute approximate surface area is 309 Å². The minimum absolute atomic E-state index is 0.0680. The summed E-state index contributed by atoms with van der Waals surface area (Å²) in [5.41, 5.74) is 1.56. The van der Waals surface area contributed by atoms with Crippen molar-refractivity contribution in [3.05, 3.63) is 139 Å². The first-order chi connectivity index (χ1) is 24.8. The molecule has 0 saturated carbocycles. The second kappa shape index (κ2) is 16.1. The lowest BCUT2D eigenvalue weighted by Gasteiger charge is -2.54. The van der Waals surface area contributed by atoms with Crippen molar-refractivity contribution in [2.75, 3.05) is 6.61 Å². The molecule has 272 valence electrons. The molecule has 1 saturated heterocycles. The molecule has 4 atom stereocenters. The fourth-order valence-corrected chi connectivity index (χ4v) is 12.7. The monoisotopic (exact) mass is 735 g/mol. The molecule has 5 rings (SSSR count). The maximum Gasteiger partial charge on any atom is 0.356 e. The van der Waals surface area contributed by atoms with Gasteiger partial charge in [0.05, 0.1) is 30.6 Å². The Kier molecular flexibility index (Phi) is 12.1. The number of hydrogen-bond acceptors (Lipinski definition) is 6. The molecule has 0 spiro atoms. The van der Waals surface area contributed by atoms with Crippen LogP contribution in [-0.2, 0) is 30.2 Å². The van der Waals surface area contributed by atoms with Crippen molar-refractivity contribution in [1.29, 1.82) is 0 Å². The van der Waals surface area contributed by atoms with E-state index in [1.807, 2.05) is 110 Å². The zero-order chi connectivity index (χ0) is 37.7. The predicted octanol–water partition coefficient (Wildman–Crippen LogP) is 6.55. The number of rotatable bonds is 14. The summed E-state index contributed by atoms with van der Waals surface area (Å²) < 4.78 is 12.8. The van der Waals surface area contributed by atoms with E-state index in [0.717, 1.165) is 22.2 Å². The van der Waals surface area contributed by atoms with Crippen molar-refractivity contribution in [1.82, 2.24) is 4.90 Å². The van der Waals surface area contributed by atoms with Gasteiger partial charge in [-0.3, -0.25) is 9.69 Å². The second-order valence-corrected chi connectivity index (χ2v) is 22.8. The summed E-state index contributed by atoms with van der Waals surface area (Å²) in [6.45, 7) is 13.0. The molecule has 52 heavy (non-hydrogen) atoms. The first-order valence-corrected chi connectivity index (χ1v) is 22.4. The van der Waals surface area contributed by atoms with Crippen LogP contribution in [0.2, 0.25) is 18.1 Å². The van der Waals surface area contributed by atoms with Gasteiger partial charge in [0.15, 0.2) is 8.32 Å². The normalized spacial score (nSPS) is 17.4. The minimum atomic E-state index is -3.20. The van der Waals surface area contributed by atoms with Gasteiger partial charge in [-0.05, 0) is 52.1 Å². The molecule has 1 amide bonds. The van der Waals surface area contributed by atoms with Crippen molar-refractivity contribution < 1.29 is 28.7 Å². The van der Waals surface area contributed by atoms with Crippen molar-refractivity contribution in [3.8, 4) is 0 Å². The fraction of sp³-hybridized carbons (Fsp3) is 0.302. The fourth-order valence-electron chi connectivity index (χ4n) is 6.92. The molecule has 7 nitrogen and oxygen atoms in total. The summed E-state index contributed by atoms with van der Waals surface area (Å²) in [6.07, 6.45) is 1.81. The Morgan fingerprint density at radius 1 is 0.885 bits per heavy atom. The van der Waals surface area contributed by atoms with Gasteiger partial charge in [-0.15, -0.1) is 0 Å². The maximum absolute atomic E-state index is 15.1. The predicted molar refractivity (Wildman–Crippen MR) is 214 cm³/mol. The van der Waals surface area contributed by atoms with Gasteiger partial charge in [0.2, 0.25) is 5.91 Å². The summed E-state index contributed by atoms with van der Waals surface area (Å²) >= 11 is 0. The molecule has 4 aromatic carbocycles. The summed E-state index contributed by atoms with van der Waals surface area (Å²) in [5, 5.41) is 12.2. The van der Waals surface area contributed by atoms with Crippen LogP contribution < -0.4 is 15.9 Å². The number of ether oxygens (including phenoxy) is 1. The third-order valence-electron chi connectivity index (χ3n) is 10.5. The van der Waals surface area contributed by atoms with Gasteiger partial charge in [0.1, 0.15) is 18.3 Å². The number of esters is 1. The van der Waals surface area contributed by atoms with E-state index in [4.69, 9.17) is 9.16 Å². The number of carbonyl (C=O) groups is 3. The number of aldehydes is 1. The van der Waals surface area contributed by atoms with Crippen LogP contribution in [0.3, 0.4) is 0 Å². The number of hydrogen-bond donors (Lipinski definition) is 1. The number of carbonyl (C=O) groups excluding carboxylic acids is 3. The largest absolute Gasteiger partial charge is 0.457 e. The molecule has 1 heterocycles. The van der Waals surface area contributed by atoms with E-state index in [-0.39, 0.29) is 29.6 Å². The molecule has 0 bridgehead atoms. The number of β-lactam (4-membered cyclic amide) rings is 1. The first kappa shape index (κ1) is 38.9. The van der Waals surface area contributed by atoms with Crippen LogP contribution in [-0.4, -0.2) is 60.7 Å². The van der Waals surface area contributed by atoms with Gasteiger partial charge >= 0.3 is 5.97 Å². The smallest absolute Gasteiger partial charge is 0.356 e. The van der Waals surface area contributed by atoms with E-state index in [2.05, 4.69) is 40.4 Å². The van der Waals surface area contributed by atoms with E-state index in [1.54, 1.807) is 17.0 Å². The lowest BCUT2D eigenvalue weighted by atomic mass is 9.74. The summed E-state index contributed by atoms with van der Waals surface area (Å²) in [5.74, 6) is -2.52. The number of aliphatic hydroxyl groups excluding tert-OH is 1. The molecule has 0 radical (unpaired) electrons. The van der Waals surface area contributed by atoms with Crippen LogP contribution in [0.15, 0.2) is 128 Å². The Morgan fingerprint density at radius 3 is 1.77 bits per heavy atom.